The zero-order chi connectivity index (χ0) is 9.61. The Hall–Kier alpha value is -0.610. The third-order valence-corrected chi connectivity index (χ3v) is 1.65. The number of hydrazine groups is 1. The fourth-order valence-corrected chi connectivity index (χ4v) is 0.918. The van der Waals surface area contributed by atoms with Crippen LogP contribution in [0.4, 0.5) is 0 Å². The SMILES string of the molecule is CNNC(C)(C)CCC(=O)OC. The van der Waals surface area contributed by atoms with Gasteiger partial charge >= 0.3 is 5.97 Å². The number of carbonyl (C=O) groups is 1. The highest BCUT2D eigenvalue weighted by atomic mass is 16.5. The topological polar surface area (TPSA) is 50.4 Å². The summed E-state index contributed by atoms with van der Waals surface area (Å²) in [5.74, 6) is -0.166. The number of hydrogen-bond donors (Lipinski definition) is 2. The molecule has 12 heavy (non-hydrogen) atoms. The van der Waals surface area contributed by atoms with Crippen molar-refractivity contribution in [1.82, 2.24) is 10.9 Å². The van der Waals surface area contributed by atoms with Gasteiger partial charge in [0.05, 0.1) is 7.11 Å². The third kappa shape index (κ3) is 5.09. The van der Waals surface area contributed by atoms with Crippen LogP contribution in [0.2, 0.25) is 0 Å². The first-order chi connectivity index (χ1) is 5.52. The van der Waals surface area contributed by atoms with E-state index in [2.05, 4.69) is 15.6 Å². The Bertz CT molecular complexity index is 146. The molecule has 0 spiro atoms. The quantitative estimate of drug-likeness (QED) is 0.469. The molecule has 2 N–H and O–H groups in total. The molecular formula is C8H18N2O2. The molecule has 4 heteroatoms. The summed E-state index contributed by atoms with van der Waals surface area (Å²) >= 11 is 0. The molecule has 0 unspecified atom stereocenters. The average Bonchev–Trinajstić information content (AvgIpc) is 2.00. The molecular weight excluding hydrogens is 156 g/mol. The predicted molar refractivity (Wildman–Crippen MR) is 47.5 cm³/mol. The monoisotopic (exact) mass is 174 g/mol. The van der Waals surface area contributed by atoms with Gasteiger partial charge in [0.2, 0.25) is 0 Å². The van der Waals surface area contributed by atoms with E-state index >= 15 is 0 Å². The predicted octanol–water partition coefficient (Wildman–Crippen LogP) is 0.442. The summed E-state index contributed by atoms with van der Waals surface area (Å²) in [5, 5.41) is 0. The lowest BCUT2D eigenvalue weighted by Crippen LogP contribution is -2.46. The van der Waals surface area contributed by atoms with E-state index in [-0.39, 0.29) is 11.5 Å². The summed E-state index contributed by atoms with van der Waals surface area (Å²) in [6.07, 6.45) is 1.19. The van der Waals surface area contributed by atoms with Crippen molar-refractivity contribution in [2.75, 3.05) is 14.2 Å². The van der Waals surface area contributed by atoms with Gasteiger partial charge in [-0.25, -0.2) is 0 Å². The molecule has 0 aliphatic carbocycles. The van der Waals surface area contributed by atoms with Crippen LogP contribution in [-0.2, 0) is 9.53 Å². The summed E-state index contributed by atoms with van der Waals surface area (Å²) in [7, 11) is 3.21. The molecule has 0 bridgehead atoms. The summed E-state index contributed by atoms with van der Waals surface area (Å²) in [4.78, 5) is 10.8. The molecule has 4 nitrogen and oxygen atoms in total. The second kappa shape index (κ2) is 5.11. The molecule has 0 amide bonds. The highest BCUT2D eigenvalue weighted by Crippen LogP contribution is 2.10. The second-order valence-electron chi connectivity index (χ2n) is 3.34. The number of rotatable bonds is 5. The van der Waals surface area contributed by atoms with Crippen molar-refractivity contribution in [3.8, 4) is 0 Å². The lowest BCUT2D eigenvalue weighted by Gasteiger charge is -2.24. The van der Waals surface area contributed by atoms with Crippen LogP contribution in [0.25, 0.3) is 0 Å². The molecule has 0 fully saturated rings. The van der Waals surface area contributed by atoms with Crippen LogP contribution in [0.3, 0.4) is 0 Å². The maximum Gasteiger partial charge on any atom is 0.305 e. The van der Waals surface area contributed by atoms with Crippen LogP contribution < -0.4 is 10.9 Å². The molecule has 0 heterocycles. The van der Waals surface area contributed by atoms with Gasteiger partial charge in [0, 0.05) is 12.0 Å². The van der Waals surface area contributed by atoms with E-state index in [9.17, 15) is 4.79 Å². The standard InChI is InChI=1S/C8H18N2O2/c1-8(2,10-9-3)6-5-7(11)12-4/h9-10H,5-6H2,1-4H3. The first kappa shape index (κ1) is 11.4. The minimum absolute atomic E-state index is 0.0804. The molecule has 0 aliphatic rings. The Kier molecular flexibility index (Phi) is 4.85. The van der Waals surface area contributed by atoms with Crippen molar-refractivity contribution in [3.63, 3.8) is 0 Å². The van der Waals surface area contributed by atoms with Gasteiger partial charge in [0.1, 0.15) is 0 Å². The highest BCUT2D eigenvalue weighted by Gasteiger charge is 2.17. The number of nitrogens with one attached hydrogen (secondary N) is 2. The van der Waals surface area contributed by atoms with Gasteiger partial charge in [-0.2, -0.15) is 0 Å². The van der Waals surface area contributed by atoms with Crippen LogP contribution in [0.5, 0.6) is 0 Å². The Morgan fingerprint density at radius 3 is 2.50 bits per heavy atom. The van der Waals surface area contributed by atoms with E-state index in [1.165, 1.54) is 7.11 Å². The van der Waals surface area contributed by atoms with E-state index in [1.807, 2.05) is 13.8 Å². The lowest BCUT2D eigenvalue weighted by atomic mass is 10.00. The lowest BCUT2D eigenvalue weighted by molar-refractivity contribution is -0.141. The zero-order valence-corrected chi connectivity index (χ0v) is 8.23. The summed E-state index contributed by atoms with van der Waals surface area (Å²) in [5.41, 5.74) is 5.81. The minimum atomic E-state index is -0.166. The molecule has 0 radical (unpaired) electrons. The number of carbonyl (C=O) groups excluding carboxylic acids is 1. The van der Waals surface area contributed by atoms with Gasteiger partial charge in [-0.3, -0.25) is 15.6 Å². The Morgan fingerprint density at radius 2 is 2.08 bits per heavy atom. The number of esters is 1. The molecule has 0 saturated carbocycles. The summed E-state index contributed by atoms with van der Waals surface area (Å²) in [6.45, 7) is 4.04. The number of hydrogen-bond acceptors (Lipinski definition) is 4. The maximum atomic E-state index is 10.8. The first-order valence-corrected chi connectivity index (χ1v) is 4.02. The fraction of sp³-hybridized carbons (Fsp3) is 0.875. The van der Waals surface area contributed by atoms with Crippen molar-refractivity contribution >= 4 is 5.97 Å². The van der Waals surface area contributed by atoms with Gasteiger partial charge in [-0.1, -0.05) is 0 Å². The maximum absolute atomic E-state index is 10.8. The van der Waals surface area contributed by atoms with E-state index in [0.717, 1.165) is 6.42 Å². The van der Waals surface area contributed by atoms with E-state index < -0.39 is 0 Å². The second-order valence-corrected chi connectivity index (χ2v) is 3.34. The van der Waals surface area contributed by atoms with Gasteiger partial charge in [-0.15, -0.1) is 0 Å². The van der Waals surface area contributed by atoms with E-state index in [4.69, 9.17) is 0 Å². The van der Waals surface area contributed by atoms with Crippen LogP contribution in [-0.4, -0.2) is 25.7 Å². The zero-order valence-electron chi connectivity index (χ0n) is 8.23. The van der Waals surface area contributed by atoms with Crippen molar-refractivity contribution in [2.24, 2.45) is 0 Å². The highest BCUT2D eigenvalue weighted by molar-refractivity contribution is 5.69. The first-order valence-electron chi connectivity index (χ1n) is 4.02. The molecule has 0 rings (SSSR count). The van der Waals surface area contributed by atoms with Crippen LogP contribution >= 0.6 is 0 Å². The Balaban J connectivity index is 3.67. The summed E-state index contributed by atoms with van der Waals surface area (Å²) in [6, 6.07) is 0. The average molecular weight is 174 g/mol. The number of ether oxygens (including phenoxy) is 1. The smallest absolute Gasteiger partial charge is 0.305 e. The normalized spacial score (nSPS) is 11.3. The van der Waals surface area contributed by atoms with Crippen molar-refractivity contribution in [2.45, 2.75) is 32.2 Å². The molecule has 0 aromatic rings. The molecule has 0 aromatic carbocycles. The van der Waals surface area contributed by atoms with Crippen molar-refractivity contribution in [3.05, 3.63) is 0 Å². The Labute approximate surface area is 73.6 Å². The minimum Gasteiger partial charge on any atom is -0.469 e. The summed E-state index contributed by atoms with van der Waals surface area (Å²) < 4.78 is 4.54. The molecule has 0 saturated heterocycles. The van der Waals surface area contributed by atoms with Crippen molar-refractivity contribution < 1.29 is 9.53 Å². The molecule has 0 atom stereocenters. The molecule has 0 aliphatic heterocycles. The van der Waals surface area contributed by atoms with Crippen LogP contribution in [0, 0.1) is 0 Å². The van der Waals surface area contributed by atoms with Gasteiger partial charge < -0.3 is 4.74 Å². The molecule has 72 valence electrons. The van der Waals surface area contributed by atoms with Crippen molar-refractivity contribution in [1.29, 1.82) is 0 Å². The van der Waals surface area contributed by atoms with Crippen LogP contribution in [0.15, 0.2) is 0 Å². The van der Waals surface area contributed by atoms with Crippen LogP contribution in [0.1, 0.15) is 26.7 Å². The third-order valence-electron chi connectivity index (χ3n) is 1.65. The van der Waals surface area contributed by atoms with Gasteiger partial charge in [0.15, 0.2) is 0 Å². The Morgan fingerprint density at radius 1 is 1.50 bits per heavy atom. The molecule has 0 aromatic heterocycles. The number of methoxy groups -OCH3 is 1. The van der Waals surface area contributed by atoms with Gasteiger partial charge in [0.25, 0.3) is 0 Å². The largest absolute Gasteiger partial charge is 0.469 e. The fourth-order valence-electron chi connectivity index (χ4n) is 0.918. The van der Waals surface area contributed by atoms with E-state index in [0.29, 0.717) is 6.42 Å². The van der Waals surface area contributed by atoms with Gasteiger partial charge in [-0.05, 0) is 27.3 Å². The van der Waals surface area contributed by atoms with E-state index in [1.54, 1.807) is 7.05 Å².